The third kappa shape index (κ3) is 3.48. The fourth-order valence-electron chi connectivity index (χ4n) is 3.77. The number of hydrogen-bond donors (Lipinski definition) is 3. The monoisotopic (exact) mass is 434 g/mol. The molecule has 0 bridgehead atoms. The summed E-state index contributed by atoms with van der Waals surface area (Å²) in [5.74, 6) is -0.596. The Labute approximate surface area is 183 Å². The fourth-order valence-corrected chi connectivity index (χ4v) is 3.77. The van der Waals surface area contributed by atoms with Gasteiger partial charge >= 0.3 is 0 Å². The first-order valence-electron chi connectivity index (χ1n) is 10.3. The van der Waals surface area contributed by atoms with Crippen molar-refractivity contribution in [2.75, 3.05) is 18.9 Å². The lowest BCUT2D eigenvalue weighted by molar-refractivity contribution is -0.144. The second-order valence-electron chi connectivity index (χ2n) is 8.23. The summed E-state index contributed by atoms with van der Waals surface area (Å²) in [6.45, 7) is 0.436. The summed E-state index contributed by atoms with van der Waals surface area (Å²) in [5.41, 5.74) is 6.29. The first-order valence-corrected chi connectivity index (χ1v) is 10.3. The van der Waals surface area contributed by atoms with E-state index in [0.29, 0.717) is 40.9 Å². The van der Waals surface area contributed by atoms with Crippen molar-refractivity contribution in [3.05, 3.63) is 48.0 Å². The molecule has 32 heavy (non-hydrogen) atoms. The number of likely N-dealkylation sites (tertiary alicyclic amines) is 1. The Morgan fingerprint density at radius 3 is 2.78 bits per heavy atom. The number of anilines is 1. The third-order valence-electron chi connectivity index (χ3n) is 5.80. The van der Waals surface area contributed by atoms with Crippen molar-refractivity contribution in [2.24, 2.45) is 5.73 Å². The summed E-state index contributed by atoms with van der Waals surface area (Å²) in [5, 5.41) is 18.0. The molecule has 2 aromatic heterocycles. The summed E-state index contributed by atoms with van der Waals surface area (Å²) < 4.78 is 5.33. The highest BCUT2D eigenvalue weighted by molar-refractivity contribution is 5.96. The van der Waals surface area contributed by atoms with Crippen LogP contribution in [0.4, 0.5) is 5.69 Å². The molecule has 1 atom stereocenters. The molecule has 10 heteroatoms. The number of hydrogen-bond acceptors (Lipinski definition) is 8. The maximum atomic E-state index is 12.3. The zero-order valence-electron chi connectivity index (χ0n) is 17.4. The van der Waals surface area contributed by atoms with Gasteiger partial charge in [0.25, 0.3) is 11.8 Å². The number of nitrogens with two attached hydrogens (primary N) is 1. The van der Waals surface area contributed by atoms with Crippen LogP contribution in [-0.4, -0.2) is 56.6 Å². The van der Waals surface area contributed by atoms with Gasteiger partial charge in [0, 0.05) is 43.2 Å². The number of carbonyl (C=O) groups is 2. The Bertz CT molecular complexity index is 1220. The summed E-state index contributed by atoms with van der Waals surface area (Å²) >= 11 is 0. The van der Waals surface area contributed by atoms with Gasteiger partial charge in [0.1, 0.15) is 5.69 Å². The zero-order valence-corrected chi connectivity index (χ0v) is 17.4. The summed E-state index contributed by atoms with van der Waals surface area (Å²) in [6, 6.07) is 9.11. The molecule has 1 saturated heterocycles. The van der Waals surface area contributed by atoms with Crippen molar-refractivity contribution in [3.8, 4) is 22.6 Å². The molecule has 1 aliphatic heterocycles. The highest BCUT2D eigenvalue weighted by Crippen LogP contribution is 2.35. The van der Waals surface area contributed by atoms with Crippen molar-refractivity contribution in [1.29, 1.82) is 0 Å². The molecule has 1 aromatic carbocycles. The van der Waals surface area contributed by atoms with Crippen LogP contribution in [-0.2, 0) is 10.4 Å². The van der Waals surface area contributed by atoms with E-state index in [0.717, 1.165) is 12.8 Å². The van der Waals surface area contributed by atoms with Crippen LogP contribution in [0.15, 0.2) is 41.1 Å². The SMILES string of the molecule is CN1CCC(O)(c2cc(-c3cccc(-c4ncc(NC5CC5)c(C(N)=O)n4)c3)no2)C1=O. The summed E-state index contributed by atoms with van der Waals surface area (Å²) in [4.78, 5) is 34.5. The molecule has 4 N–H and O–H groups in total. The van der Waals surface area contributed by atoms with Gasteiger partial charge in [-0.15, -0.1) is 0 Å². The predicted molar refractivity (Wildman–Crippen MR) is 114 cm³/mol. The van der Waals surface area contributed by atoms with Gasteiger partial charge in [-0.3, -0.25) is 9.59 Å². The Kier molecular flexibility index (Phi) is 4.66. The topological polar surface area (TPSA) is 147 Å². The standard InChI is InChI=1S/C22H22N6O4/c1-28-8-7-22(31,21(28)30)17-10-15(27-32-17)12-3-2-4-13(9-12)20-24-11-16(25-14-5-6-14)18(26-20)19(23)29/h2-4,9-11,14,25,31H,5-8H2,1H3,(H2,23,29). The quantitative estimate of drug-likeness (QED) is 0.529. The maximum Gasteiger partial charge on any atom is 0.269 e. The van der Waals surface area contributed by atoms with Crippen molar-refractivity contribution in [2.45, 2.75) is 30.9 Å². The van der Waals surface area contributed by atoms with Crippen LogP contribution in [0, 0.1) is 0 Å². The molecule has 10 nitrogen and oxygen atoms in total. The van der Waals surface area contributed by atoms with Gasteiger partial charge in [0.2, 0.25) is 5.60 Å². The van der Waals surface area contributed by atoms with E-state index in [1.807, 2.05) is 12.1 Å². The Morgan fingerprint density at radius 1 is 1.31 bits per heavy atom. The number of aromatic nitrogens is 3. The average molecular weight is 434 g/mol. The highest BCUT2D eigenvalue weighted by Gasteiger charge is 2.48. The number of nitrogens with one attached hydrogen (secondary N) is 1. The molecule has 3 aromatic rings. The van der Waals surface area contributed by atoms with E-state index in [1.54, 1.807) is 31.4 Å². The van der Waals surface area contributed by atoms with E-state index < -0.39 is 17.4 Å². The number of benzene rings is 1. The molecule has 1 saturated carbocycles. The Balaban J connectivity index is 1.46. The van der Waals surface area contributed by atoms with Crippen LogP contribution in [0.25, 0.3) is 22.6 Å². The number of nitrogens with zero attached hydrogens (tertiary/aromatic N) is 4. The van der Waals surface area contributed by atoms with Crippen molar-refractivity contribution in [1.82, 2.24) is 20.0 Å². The van der Waals surface area contributed by atoms with Crippen LogP contribution in [0.1, 0.15) is 35.5 Å². The lowest BCUT2D eigenvalue weighted by Crippen LogP contribution is -2.35. The van der Waals surface area contributed by atoms with E-state index >= 15 is 0 Å². The third-order valence-corrected chi connectivity index (χ3v) is 5.80. The molecule has 3 heterocycles. The van der Waals surface area contributed by atoms with Gasteiger partial charge in [-0.25, -0.2) is 9.97 Å². The number of amides is 2. The molecule has 5 rings (SSSR count). The average Bonchev–Trinajstić information content (AvgIpc) is 3.39. The van der Waals surface area contributed by atoms with Crippen molar-refractivity contribution >= 4 is 17.5 Å². The maximum absolute atomic E-state index is 12.3. The lowest BCUT2D eigenvalue weighted by Gasteiger charge is -2.16. The van der Waals surface area contributed by atoms with Gasteiger partial charge < -0.3 is 25.6 Å². The highest BCUT2D eigenvalue weighted by atomic mass is 16.5. The van der Waals surface area contributed by atoms with Crippen molar-refractivity contribution < 1.29 is 19.2 Å². The van der Waals surface area contributed by atoms with Gasteiger partial charge in [0.05, 0.1) is 11.9 Å². The van der Waals surface area contributed by atoms with E-state index in [2.05, 4.69) is 20.4 Å². The molecule has 164 valence electrons. The summed E-state index contributed by atoms with van der Waals surface area (Å²) in [7, 11) is 1.63. The normalized spacial score (nSPS) is 20.6. The molecular formula is C22H22N6O4. The zero-order chi connectivity index (χ0) is 22.5. The van der Waals surface area contributed by atoms with Crippen LogP contribution >= 0.6 is 0 Å². The minimum Gasteiger partial charge on any atom is -0.379 e. The van der Waals surface area contributed by atoms with Crippen LogP contribution in [0.5, 0.6) is 0 Å². The largest absolute Gasteiger partial charge is 0.379 e. The van der Waals surface area contributed by atoms with E-state index in [9.17, 15) is 14.7 Å². The van der Waals surface area contributed by atoms with E-state index in [4.69, 9.17) is 10.3 Å². The molecule has 1 unspecified atom stereocenters. The predicted octanol–water partition coefficient (Wildman–Crippen LogP) is 1.52. The molecule has 2 fully saturated rings. The van der Waals surface area contributed by atoms with Gasteiger partial charge in [-0.1, -0.05) is 23.4 Å². The number of carbonyl (C=O) groups excluding carboxylic acids is 2. The molecule has 2 aliphatic rings. The first kappa shape index (κ1) is 20.1. The lowest BCUT2D eigenvalue weighted by atomic mass is 9.98. The Morgan fingerprint density at radius 2 is 2.09 bits per heavy atom. The van der Waals surface area contributed by atoms with E-state index in [-0.39, 0.29) is 17.9 Å². The van der Waals surface area contributed by atoms with Crippen LogP contribution < -0.4 is 11.1 Å². The van der Waals surface area contributed by atoms with Crippen LogP contribution in [0.3, 0.4) is 0 Å². The smallest absolute Gasteiger partial charge is 0.269 e. The van der Waals surface area contributed by atoms with Gasteiger partial charge in [0.15, 0.2) is 17.3 Å². The summed E-state index contributed by atoms with van der Waals surface area (Å²) in [6.07, 6.45) is 3.89. The molecule has 0 radical (unpaired) electrons. The minimum absolute atomic E-state index is 0.107. The van der Waals surface area contributed by atoms with E-state index in [1.165, 1.54) is 4.90 Å². The molecule has 0 spiro atoms. The minimum atomic E-state index is -1.71. The van der Waals surface area contributed by atoms with Gasteiger partial charge in [-0.2, -0.15) is 0 Å². The van der Waals surface area contributed by atoms with Crippen LogP contribution in [0.2, 0.25) is 0 Å². The molecule has 1 aliphatic carbocycles. The Hall–Kier alpha value is -3.79. The fraction of sp³-hybridized carbons (Fsp3) is 0.318. The molecule has 2 amide bonds. The van der Waals surface area contributed by atoms with Crippen molar-refractivity contribution in [3.63, 3.8) is 0 Å². The molecular weight excluding hydrogens is 412 g/mol. The second kappa shape index (κ2) is 7.41. The first-order chi connectivity index (χ1) is 15.3. The second-order valence-corrected chi connectivity index (χ2v) is 8.23. The number of primary amides is 1. The number of rotatable bonds is 6. The van der Waals surface area contributed by atoms with Gasteiger partial charge in [-0.05, 0) is 18.9 Å². The number of likely N-dealkylation sites (N-methyl/N-ethyl adjacent to an activating group) is 1. The number of aliphatic hydroxyl groups is 1.